The van der Waals surface area contributed by atoms with E-state index >= 15 is 0 Å². The van der Waals surface area contributed by atoms with Crippen LogP contribution in [-0.2, 0) is 17.8 Å². The third-order valence-corrected chi connectivity index (χ3v) is 4.86. The molecule has 0 radical (unpaired) electrons. The molecule has 1 unspecified atom stereocenters. The average molecular weight is 354 g/mol. The van der Waals surface area contributed by atoms with Crippen molar-refractivity contribution in [1.29, 1.82) is 0 Å². The van der Waals surface area contributed by atoms with Crippen LogP contribution in [0.1, 0.15) is 29.7 Å². The third kappa shape index (κ3) is 4.17. The summed E-state index contributed by atoms with van der Waals surface area (Å²) < 4.78 is 10.7. The van der Waals surface area contributed by atoms with E-state index in [-0.39, 0.29) is 11.9 Å². The Bertz CT molecular complexity index is 776. The van der Waals surface area contributed by atoms with E-state index in [1.54, 1.807) is 14.2 Å². The van der Waals surface area contributed by atoms with Crippen LogP contribution < -0.4 is 14.8 Å². The van der Waals surface area contributed by atoms with Gasteiger partial charge in [-0.05, 0) is 42.7 Å². The summed E-state index contributed by atoms with van der Waals surface area (Å²) in [6.45, 7) is 4.08. The van der Waals surface area contributed by atoms with E-state index in [0.717, 1.165) is 36.6 Å². The molecule has 1 atom stereocenters. The molecule has 2 aromatic carbocycles. The molecule has 3 rings (SSSR count). The Hall–Kier alpha value is -2.53. The van der Waals surface area contributed by atoms with Gasteiger partial charge >= 0.3 is 0 Å². The molecule has 26 heavy (non-hydrogen) atoms. The second-order valence-electron chi connectivity index (χ2n) is 6.63. The molecule has 138 valence electrons. The Morgan fingerprint density at radius 2 is 1.92 bits per heavy atom. The highest BCUT2D eigenvalue weighted by molar-refractivity contribution is 5.78. The lowest BCUT2D eigenvalue weighted by molar-refractivity contribution is -0.123. The highest BCUT2D eigenvalue weighted by Gasteiger charge is 2.20. The van der Waals surface area contributed by atoms with Crippen molar-refractivity contribution in [3.8, 4) is 11.5 Å². The van der Waals surface area contributed by atoms with Gasteiger partial charge in [0.15, 0.2) is 0 Å². The molecule has 1 aliphatic rings. The minimum Gasteiger partial charge on any atom is -0.497 e. The fourth-order valence-electron chi connectivity index (χ4n) is 3.43. The van der Waals surface area contributed by atoms with Crippen molar-refractivity contribution in [1.82, 2.24) is 10.2 Å². The molecule has 0 bridgehead atoms. The van der Waals surface area contributed by atoms with E-state index in [2.05, 4.69) is 34.5 Å². The Balaban J connectivity index is 1.62. The summed E-state index contributed by atoms with van der Waals surface area (Å²) in [5.41, 5.74) is 3.61. The van der Waals surface area contributed by atoms with E-state index in [1.807, 2.05) is 25.1 Å². The number of ether oxygens (including phenoxy) is 2. The number of methoxy groups -OCH3 is 2. The molecule has 2 aromatic rings. The number of carbonyl (C=O) groups excluding carboxylic acids is 1. The maximum absolute atomic E-state index is 12.5. The largest absolute Gasteiger partial charge is 0.497 e. The Morgan fingerprint density at radius 3 is 2.65 bits per heavy atom. The molecule has 1 heterocycles. The first-order valence-electron chi connectivity index (χ1n) is 8.91. The van der Waals surface area contributed by atoms with Crippen molar-refractivity contribution < 1.29 is 14.3 Å². The van der Waals surface area contributed by atoms with Crippen LogP contribution >= 0.6 is 0 Å². The van der Waals surface area contributed by atoms with Crippen LogP contribution in [-0.4, -0.2) is 38.1 Å². The van der Waals surface area contributed by atoms with Gasteiger partial charge in [0.05, 0.1) is 26.8 Å². The predicted molar refractivity (Wildman–Crippen MR) is 102 cm³/mol. The van der Waals surface area contributed by atoms with Gasteiger partial charge in [0.25, 0.3) is 0 Å². The van der Waals surface area contributed by atoms with Crippen molar-refractivity contribution >= 4 is 5.91 Å². The van der Waals surface area contributed by atoms with Gasteiger partial charge < -0.3 is 14.8 Å². The Morgan fingerprint density at radius 1 is 1.15 bits per heavy atom. The van der Waals surface area contributed by atoms with Crippen molar-refractivity contribution in [3.63, 3.8) is 0 Å². The van der Waals surface area contributed by atoms with E-state index in [4.69, 9.17) is 9.47 Å². The van der Waals surface area contributed by atoms with E-state index < -0.39 is 0 Å². The summed E-state index contributed by atoms with van der Waals surface area (Å²) in [5, 5.41) is 3.08. The molecular weight excluding hydrogens is 328 g/mol. The Labute approximate surface area is 154 Å². The summed E-state index contributed by atoms with van der Waals surface area (Å²) in [6, 6.07) is 13.9. The van der Waals surface area contributed by atoms with Gasteiger partial charge in [-0.25, -0.2) is 0 Å². The highest BCUT2D eigenvalue weighted by atomic mass is 16.5. The molecule has 5 nitrogen and oxygen atoms in total. The fourth-order valence-corrected chi connectivity index (χ4v) is 3.43. The first-order chi connectivity index (χ1) is 12.6. The predicted octanol–water partition coefficient (Wildman–Crippen LogP) is 2.94. The van der Waals surface area contributed by atoms with E-state index in [0.29, 0.717) is 6.54 Å². The summed E-state index contributed by atoms with van der Waals surface area (Å²) in [4.78, 5) is 14.7. The molecule has 0 fully saturated rings. The van der Waals surface area contributed by atoms with Crippen LogP contribution in [0, 0.1) is 0 Å². The molecule has 0 spiro atoms. The summed E-state index contributed by atoms with van der Waals surface area (Å²) >= 11 is 0. The van der Waals surface area contributed by atoms with Gasteiger partial charge in [0, 0.05) is 18.7 Å². The normalized spacial score (nSPS) is 15.0. The second kappa shape index (κ2) is 8.23. The standard InChI is InChI=1S/C21H26N2O3/c1-15(19-12-18(25-2)8-9-20(19)26-3)22-21(24)14-23-11-10-16-6-4-5-7-17(16)13-23/h4-9,12,15H,10-11,13-14H2,1-3H3,(H,22,24). The first kappa shape index (κ1) is 18.3. The van der Waals surface area contributed by atoms with E-state index in [9.17, 15) is 4.79 Å². The minimum absolute atomic E-state index is 0.0155. The van der Waals surface area contributed by atoms with Gasteiger partial charge in [-0.2, -0.15) is 0 Å². The molecule has 5 heteroatoms. The third-order valence-electron chi connectivity index (χ3n) is 4.86. The number of nitrogens with zero attached hydrogens (tertiary/aromatic N) is 1. The van der Waals surface area contributed by atoms with Crippen LogP contribution in [0.4, 0.5) is 0 Å². The van der Waals surface area contributed by atoms with Gasteiger partial charge in [-0.1, -0.05) is 24.3 Å². The minimum atomic E-state index is -0.162. The van der Waals surface area contributed by atoms with Crippen molar-refractivity contribution in [3.05, 3.63) is 59.2 Å². The van der Waals surface area contributed by atoms with Crippen molar-refractivity contribution in [2.75, 3.05) is 27.3 Å². The van der Waals surface area contributed by atoms with Gasteiger partial charge in [-0.15, -0.1) is 0 Å². The molecule has 1 N–H and O–H groups in total. The maximum atomic E-state index is 12.5. The van der Waals surface area contributed by atoms with Gasteiger partial charge in [0.2, 0.25) is 5.91 Å². The molecule has 1 amide bonds. The lowest BCUT2D eigenvalue weighted by Gasteiger charge is -2.28. The number of nitrogens with one attached hydrogen (secondary N) is 1. The lowest BCUT2D eigenvalue weighted by Crippen LogP contribution is -2.40. The number of hydrogen-bond acceptors (Lipinski definition) is 4. The molecule has 0 saturated carbocycles. The van der Waals surface area contributed by atoms with Crippen LogP contribution in [0.5, 0.6) is 11.5 Å². The number of fused-ring (bicyclic) bond motifs is 1. The summed E-state index contributed by atoms with van der Waals surface area (Å²) in [7, 11) is 3.26. The number of carbonyl (C=O) groups is 1. The zero-order chi connectivity index (χ0) is 18.5. The summed E-state index contributed by atoms with van der Waals surface area (Å²) in [6.07, 6.45) is 0.989. The smallest absolute Gasteiger partial charge is 0.234 e. The van der Waals surface area contributed by atoms with Crippen LogP contribution in [0.3, 0.4) is 0 Å². The first-order valence-corrected chi connectivity index (χ1v) is 8.91. The zero-order valence-electron chi connectivity index (χ0n) is 15.6. The zero-order valence-corrected chi connectivity index (χ0v) is 15.6. The number of rotatable bonds is 6. The lowest BCUT2D eigenvalue weighted by atomic mass is 10.00. The fraction of sp³-hybridized carbons (Fsp3) is 0.381. The Kier molecular flexibility index (Phi) is 5.78. The summed E-state index contributed by atoms with van der Waals surface area (Å²) in [5.74, 6) is 1.50. The van der Waals surface area contributed by atoms with Crippen LogP contribution in [0.2, 0.25) is 0 Å². The molecule has 0 aliphatic carbocycles. The maximum Gasteiger partial charge on any atom is 0.234 e. The second-order valence-corrected chi connectivity index (χ2v) is 6.63. The van der Waals surface area contributed by atoms with Crippen LogP contribution in [0.25, 0.3) is 0 Å². The van der Waals surface area contributed by atoms with E-state index in [1.165, 1.54) is 11.1 Å². The SMILES string of the molecule is COc1ccc(OC)c(C(C)NC(=O)CN2CCc3ccccc3C2)c1. The van der Waals surface area contributed by atoms with Crippen LogP contribution in [0.15, 0.2) is 42.5 Å². The molecular formula is C21H26N2O3. The number of benzene rings is 2. The molecule has 1 aliphatic heterocycles. The number of amides is 1. The average Bonchev–Trinajstić information content (AvgIpc) is 2.67. The van der Waals surface area contributed by atoms with Gasteiger partial charge in [-0.3, -0.25) is 9.69 Å². The quantitative estimate of drug-likeness (QED) is 0.867. The van der Waals surface area contributed by atoms with Crippen molar-refractivity contribution in [2.24, 2.45) is 0 Å². The monoisotopic (exact) mass is 354 g/mol. The van der Waals surface area contributed by atoms with Gasteiger partial charge in [0.1, 0.15) is 11.5 Å². The van der Waals surface area contributed by atoms with Crippen molar-refractivity contribution in [2.45, 2.75) is 25.9 Å². The topological polar surface area (TPSA) is 50.8 Å². The highest BCUT2D eigenvalue weighted by Crippen LogP contribution is 2.29. The molecule has 0 aromatic heterocycles. The molecule has 0 saturated heterocycles. The number of hydrogen-bond donors (Lipinski definition) is 1.